The second-order valence-electron chi connectivity index (χ2n) is 11.6. The van der Waals surface area contributed by atoms with Crippen LogP contribution in [0.5, 0.6) is 5.75 Å². The van der Waals surface area contributed by atoms with Gasteiger partial charge in [-0.25, -0.2) is 9.18 Å². The van der Waals surface area contributed by atoms with Crippen LogP contribution in [0.1, 0.15) is 62.3 Å². The Kier molecular flexibility index (Phi) is 12.4. The molecule has 8 nitrogen and oxygen atoms in total. The number of ketones is 1. The lowest BCUT2D eigenvalue weighted by Gasteiger charge is -2.36. The number of alkyl halides is 4. The van der Waals surface area contributed by atoms with Gasteiger partial charge in [-0.05, 0) is 54.7 Å². The predicted octanol–water partition coefficient (Wildman–Crippen LogP) is 6.94. The Hall–Kier alpha value is -4.26. The van der Waals surface area contributed by atoms with Gasteiger partial charge in [0.1, 0.15) is 22.9 Å². The second-order valence-corrected chi connectivity index (χ2v) is 12.0. The third kappa shape index (κ3) is 9.42. The number of halogens is 6. The van der Waals surface area contributed by atoms with Crippen molar-refractivity contribution in [3.05, 3.63) is 94.5 Å². The molecule has 2 aromatic carbocycles. The SMILES string of the molecule is CCC(=O)CCCNC(=O)[C@H]1CCC[C@H]1NC(=O)N[C@@](Cc1ccccc1)(c1cc(F)cc(OC(F)(F)C(F)F)c1)c1ccc(Cl)cn1. The summed E-state index contributed by atoms with van der Waals surface area (Å²) in [5.41, 5.74) is -1.21. The van der Waals surface area contributed by atoms with Gasteiger partial charge in [0, 0.05) is 44.1 Å². The van der Waals surface area contributed by atoms with Crippen LogP contribution in [0.25, 0.3) is 0 Å². The summed E-state index contributed by atoms with van der Waals surface area (Å²) in [5, 5.41) is 8.75. The molecular weight excluding hydrogens is 659 g/mol. The van der Waals surface area contributed by atoms with Gasteiger partial charge >= 0.3 is 18.6 Å². The van der Waals surface area contributed by atoms with Crippen molar-refractivity contribution in [1.82, 2.24) is 20.9 Å². The molecule has 0 bridgehead atoms. The van der Waals surface area contributed by atoms with E-state index in [1.807, 2.05) is 0 Å². The monoisotopic (exact) mass is 694 g/mol. The molecule has 1 aliphatic carbocycles. The van der Waals surface area contributed by atoms with E-state index in [1.54, 1.807) is 37.3 Å². The number of urea groups is 1. The summed E-state index contributed by atoms with van der Waals surface area (Å²) in [4.78, 5) is 42.9. The fourth-order valence-electron chi connectivity index (χ4n) is 5.77. The number of hydrogen-bond donors (Lipinski definition) is 3. The lowest BCUT2D eigenvalue weighted by atomic mass is 9.80. The van der Waals surface area contributed by atoms with Gasteiger partial charge in [-0.15, -0.1) is 0 Å². The molecule has 0 spiro atoms. The molecule has 4 rings (SSSR count). The molecular formula is C34H36ClF5N4O4. The highest BCUT2D eigenvalue weighted by molar-refractivity contribution is 6.30. The van der Waals surface area contributed by atoms with Crippen LogP contribution >= 0.6 is 11.6 Å². The predicted molar refractivity (Wildman–Crippen MR) is 168 cm³/mol. The third-order valence-corrected chi connectivity index (χ3v) is 8.39. The Labute approximate surface area is 279 Å². The van der Waals surface area contributed by atoms with Crippen molar-refractivity contribution in [3.8, 4) is 5.75 Å². The molecule has 3 amide bonds. The fourth-order valence-corrected chi connectivity index (χ4v) is 5.88. The van der Waals surface area contributed by atoms with E-state index in [4.69, 9.17) is 11.6 Å². The van der Waals surface area contributed by atoms with Crippen LogP contribution in [0.3, 0.4) is 0 Å². The summed E-state index contributed by atoms with van der Waals surface area (Å²) in [7, 11) is 0. The molecule has 1 saturated carbocycles. The molecule has 3 aromatic rings. The van der Waals surface area contributed by atoms with E-state index in [9.17, 15) is 31.9 Å². The van der Waals surface area contributed by atoms with Crippen LogP contribution in [0.4, 0.5) is 26.7 Å². The second kappa shape index (κ2) is 16.2. The number of rotatable bonds is 15. The van der Waals surface area contributed by atoms with Crippen molar-refractivity contribution in [2.45, 2.75) is 76.0 Å². The van der Waals surface area contributed by atoms with Crippen LogP contribution in [0, 0.1) is 11.7 Å². The van der Waals surface area contributed by atoms with Gasteiger partial charge in [0.05, 0.1) is 16.6 Å². The van der Waals surface area contributed by atoms with Crippen LogP contribution in [0.15, 0.2) is 66.9 Å². The van der Waals surface area contributed by atoms with Crippen molar-refractivity contribution in [2.75, 3.05) is 6.54 Å². The normalized spacial score (nSPS) is 17.4. The van der Waals surface area contributed by atoms with E-state index in [2.05, 4.69) is 25.7 Å². The molecule has 3 N–H and O–H groups in total. The number of nitrogens with one attached hydrogen (secondary N) is 3. The molecule has 0 saturated heterocycles. The number of nitrogens with zero attached hydrogens (tertiary/aromatic N) is 1. The fraction of sp³-hybridized carbons (Fsp3) is 0.412. The number of ether oxygens (including phenoxy) is 1. The van der Waals surface area contributed by atoms with Crippen molar-refractivity contribution in [3.63, 3.8) is 0 Å². The first-order valence-corrected chi connectivity index (χ1v) is 15.9. The van der Waals surface area contributed by atoms with Gasteiger partial charge in [-0.3, -0.25) is 14.6 Å². The van der Waals surface area contributed by atoms with Gasteiger partial charge in [-0.1, -0.05) is 55.3 Å². The Bertz CT molecular complexity index is 1560. The van der Waals surface area contributed by atoms with Gasteiger partial charge < -0.3 is 20.7 Å². The molecule has 0 aliphatic heterocycles. The molecule has 1 heterocycles. The molecule has 3 atom stereocenters. The zero-order valence-corrected chi connectivity index (χ0v) is 26.8. The first kappa shape index (κ1) is 36.6. The average molecular weight is 695 g/mol. The van der Waals surface area contributed by atoms with E-state index < -0.39 is 47.6 Å². The summed E-state index contributed by atoms with van der Waals surface area (Å²) in [6.07, 6.45) is -5.07. The minimum Gasteiger partial charge on any atom is -0.428 e. The van der Waals surface area contributed by atoms with Gasteiger partial charge in [-0.2, -0.15) is 17.6 Å². The quantitative estimate of drug-likeness (QED) is 0.118. The zero-order valence-electron chi connectivity index (χ0n) is 26.1. The highest BCUT2D eigenvalue weighted by Crippen LogP contribution is 2.37. The number of hydrogen-bond acceptors (Lipinski definition) is 5. The number of aromatic nitrogens is 1. The van der Waals surface area contributed by atoms with Crippen molar-refractivity contribution < 1.29 is 41.1 Å². The third-order valence-electron chi connectivity index (χ3n) is 8.17. The lowest BCUT2D eigenvalue weighted by Crippen LogP contribution is -2.55. The largest absolute Gasteiger partial charge is 0.461 e. The number of benzene rings is 2. The minimum absolute atomic E-state index is 0.0928. The van der Waals surface area contributed by atoms with E-state index in [-0.39, 0.29) is 34.4 Å². The molecule has 1 aliphatic rings. The zero-order chi connectivity index (χ0) is 34.9. The molecule has 0 unspecified atom stereocenters. The van der Waals surface area contributed by atoms with E-state index in [0.717, 1.165) is 12.1 Å². The summed E-state index contributed by atoms with van der Waals surface area (Å²) in [5.74, 6) is -2.76. The highest BCUT2D eigenvalue weighted by atomic mass is 35.5. The smallest absolute Gasteiger partial charge is 0.428 e. The maximum absolute atomic E-state index is 15.1. The molecule has 1 aromatic heterocycles. The number of Topliss-reactive ketones (excluding diaryl/α,β-unsaturated/α-hetero) is 1. The molecule has 1 fully saturated rings. The highest BCUT2D eigenvalue weighted by Gasteiger charge is 2.45. The Balaban J connectivity index is 1.69. The van der Waals surface area contributed by atoms with Crippen LogP contribution in [-0.2, 0) is 21.5 Å². The van der Waals surface area contributed by atoms with E-state index in [0.29, 0.717) is 56.7 Å². The van der Waals surface area contributed by atoms with Gasteiger partial charge in [0.25, 0.3) is 0 Å². The maximum Gasteiger partial charge on any atom is 0.461 e. The van der Waals surface area contributed by atoms with Gasteiger partial charge in [0.15, 0.2) is 0 Å². The number of pyridine rings is 1. The lowest BCUT2D eigenvalue weighted by molar-refractivity contribution is -0.253. The summed E-state index contributed by atoms with van der Waals surface area (Å²) in [6.45, 7) is 2.07. The van der Waals surface area contributed by atoms with Crippen LogP contribution in [0.2, 0.25) is 5.02 Å². The van der Waals surface area contributed by atoms with Crippen molar-refractivity contribution in [1.29, 1.82) is 0 Å². The van der Waals surface area contributed by atoms with Crippen molar-refractivity contribution in [2.24, 2.45) is 5.92 Å². The first-order valence-electron chi connectivity index (χ1n) is 15.5. The Morgan fingerprint density at radius 1 is 1.06 bits per heavy atom. The summed E-state index contributed by atoms with van der Waals surface area (Å²) < 4.78 is 73.3. The molecule has 48 heavy (non-hydrogen) atoms. The standard InChI is InChI=1S/C34H36ClF5N4O4/c1-2-25(45)10-7-15-41-30(46)27-11-6-12-28(27)43-32(47)44-33(19-21-8-4-3-5-9-21,29-14-13-23(35)20-42-29)22-16-24(36)18-26(17-22)48-34(39,40)31(37)38/h3-5,8-9,13-14,16-18,20,27-28,31H,2,6-7,10-12,15,19H2,1H3,(H,41,46)(H2,43,44,47)/t27-,28+,33-/m0/s1. The Morgan fingerprint density at radius 3 is 2.48 bits per heavy atom. The van der Waals surface area contributed by atoms with E-state index >= 15 is 4.39 Å². The van der Waals surface area contributed by atoms with Crippen LogP contribution < -0.4 is 20.7 Å². The molecule has 14 heteroatoms. The first-order chi connectivity index (χ1) is 22.8. The van der Waals surface area contributed by atoms with Gasteiger partial charge in [0.2, 0.25) is 5.91 Å². The topological polar surface area (TPSA) is 109 Å². The van der Waals surface area contributed by atoms with Crippen molar-refractivity contribution >= 4 is 29.3 Å². The van der Waals surface area contributed by atoms with Crippen LogP contribution in [-0.4, -0.2) is 47.8 Å². The number of carbonyl (C=O) groups excluding carboxylic acids is 3. The molecule has 0 radical (unpaired) electrons. The summed E-state index contributed by atoms with van der Waals surface area (Å²) in [6, 6.07) is 12.6. The Morgan fingerprint density at radius 2 is 1.81 bits per heavy atom. The average Bonchev–Trinajstić information content (AvgIpc) is 3.50. The summed E-state index contributed by atoms with van der Waals surface area (Å²) >= 11 is 6.10. The maximum atomic E-state index is 15.1. The number of carbonyl (C=O) groups is 3. The van der Waals surface area contributed by atoms with E-state index in [1.165, 1.54) is 18.3 Å². The number of amides is 3. The molecule has 258 valence electrons. The minimum atomic E-state index is -4.93.